The van der Waals surface area contributed by atoms with E-state index in [2.05, 4.69) is 23.6 Å². The molecule has 1 aromatic heterocycles. The zero-order valence-corrected chi connectivity index (χ0v) is 12.9. The SMILES string of the molecule is Cc1nc(N)sc1S(=O)(=O)NC(C)CCC(C)C. The van der Waals surface area contributed by atoms with Gasteiger partial charge in [0.25, 0.3) is 10.0 Å². The van der Waals surface area contributed by atoms with Crippen LogP contribution in [0.5, 0.6) is 0 Å². The van der Waals surface area contributed by atoms with Gasteiger partial charge >= 0.3 is 0 Å². The maximum absolute atomic E-state index is 12.1. The van der Waals surface area contributed by atoms with Crippen molar-refractivity contribution in [2.75, 3.05) is 5.73 Å². The van der Waals surface area contributed by atoms with Crippen molar-refractivity contribution in [3.8, 4) is 0 Å². The lowest BCUT2D eigenvalue weighted by molar-refractivity contribution is 0.485. The maximum Gasteiger partial charge on any atom is 0.252 e. The first-order valence-electron chi connectivity index (χ1n) is 5.97. The van der Waals surface area contributed by atoms with Crippen LogP contribution in [-0.4, -0.2) is 19.4 Å². The van der Waals surface area contributed by atoms with Crippen molar-refractivity contribution in [2.45, 2.75) is 50.8 Å². The number of nitrogens with zero attached hydrogens (tertiary/aromatic N) is 1. The highest BCUT2D eigenvalue weighted by molar-refractivity contribution is 7.91. The zero-order valence-electron chi connectivity index (χ0n) is 11.2. The number of sulfonamides is 1. The Morgan fingerprint density at radius 2 is 1.94 bits per heavy atom. The minimum absolute atomic E-state index is 0.0832. The Morgan fingerprint density at radius 1 is 1.33 bits per heavy atom. The molecule has 1 unspecified atom stereocenters. The van der Waals surface area contributed by atoms with E-state index in [1.165, 1.54) is 0 Å². The summed E-state index contributed by atoms with van der Waals surface area (Å²) in [5.74, 6) is 0.567. The highest BCUT2D eigenvalue weighted by Crippen LogP contribution is 2.25. The highest BCUT2D eigenvalue weighted by Gasteiger charge is 2.23. The molecule has 1 atom stereocenters. The van der Waals surface area contributed by atoms with E-state index in [9.17, 15) is 8.42 Å². The predicted molar refractivity (Wildman–Crippen MR) is 75.1 cm³/mol. The quantitative estimate of drug-likeness (QED) is 0.841. The average Bonchev–Trinajstić information content (AvgIpc) is 2.55. The fraction of sp³-hybridized carbons (Fsp3) is 0.727. The fourth-order valence-electron chi connectivity index (χ4n) is 1.61. The Hall–Kier alpha value is -0.660. The van der Waals surface area contributed by atoms with Gasteiger partial charge in [-0.3, -0.25) is 0 Å². The number of aryl methyl sites for hydroxylation is 1. The van der Waals surface area contributed by atoms with Crippen LogP contribution in [0.3, 0.4) is 0 Å². The lowest BCUT2D eigenvalue weighted by atomic mass is 10.1. The Bertz CT molecular complexity index is 494. The first-order chi connectivity index (χ1) is 8.22. The number of anilines is 1. The molecule has 1 rings (SSSR count). The molecule has 0 aliphatic rings. The maximum atomic E-state index is 12.1. The number of nitrogens with two attached hydrogens (primary N) is 1. The monoisotopic (exact) mass is 291 g/mol. The minimum Gasteiger partial charge on any atom is -0.375 e. The number of rotatable bonds is 6. The standard InChI is InChI=1S/C11H21N3O2S2/c1-7(2)5-6-8(3)14-18(15,16)10-9(4)13-11(12)17-10/h7-8,14H,5-6H2,1-4H3,(H2,12,13). The number of nitrogens with one attached hydrogen (secondary N) is 1. The molecule has 5 nitrogen and oxygen atoms in total. The molecule has 104 valence electrons. The van der Waals surface area contributed by atoms with E-state index in [0.717, 1.165) is 24.2 Å². The third-order valence-electron chi connectivity index (χ3n) is 2.55. The van der Waals surface area contributed by atoms with Crippen LogP contribution in [0.2, 0.25) is 0 Å². The minimum atomic E-state index is -3.49. The Labute approximate surface area is 113 Å². The number of thiazole rings is 1. The van der Waals surface area contributed by atoms with E-state index in [4.69, 9.17) is 5.73 Å². The van der Waals surface area contributed by atoms with Crippen molar-refractivity contribution in [3.63, 3.8) is 0 Å². The molecule has 0 spiro atoms. The van der Waals surface area contributed by atoms with Crippen molar-refractivity contribution in [1.29, 1.82) is 0 Å². The molecule has 18 heavy (non-hydrogen) atoms. The van der Waals surface area contributed by atoms with Crippen molar-refractivity contribution >= 4 is 26.5 Å². The van der Waals surface area contributed by atoms with Gasteiger partial charge in [0.1, 0.15) is 0 Å². The predicted octanol–water partition coefficient (Wildman–Crippen LogP) is 2.14. The summed E-state index contributed by atoms with van der Waals surface area (Å²) in [6, 6.07) is -0.0832. The lowest BCUT2D eigenvalue weighted by Gasteiger charge is -2.14. The van der Waals surface area contributed by atoms with E-state index in [-0.39, 0.29) is 15.4 Å². The molecule has 0 aliphatic heterocycles. The lowest BCUT2D eigenvalue weighted by Crippen LogP contribution is -2.32. The first-order valence-corrected chi connectivity index (χ1v) is 8.27. The summed E-state index contributed by atoms with van der Waals surface area (Å²) in [6.45, 7) is 7.77. The summed E-state index contributed by atoms with van der Waals surface area (Å²) in [7, 11) is -3.49. The van der Waals surface area contributed by atoms with Crippen LogP contribution in [0.1, 0.15) is 39.3 Å². The molecule has 0 bridgehead atoms. The van der Waals surface area contributed by atoms with E-state index < -0.39 is 10.0 Å². The van der Waals surface area contributed by atoms with Crippen LogP contribution >= 0.6 is 11.3 Å². The smallest absolute Gasteiger partial charge is 0.252 e. The molecule has 1 aromatic rings. The van der Waals surface area contributed by atoms with Gasteiger partial charge in [0.2, 0.25) is 0 Å². The largest absolute Gasteiger partial charge is 0.375 e. The molecule has 0 saturated carbocycles. The Morgan fingerprint density at radius 3 is 2.39 bits per heavy atom. The second-order valence-corrected chi connectivity index (χ2v) is 7.86. The normalized spacial score (nSPS) is 14.1. The summed E-state index contributed by atoms with van der Waals surface area (Å²) in [5.41, 5.74) is 5.98. The number of nitrogen functional groups attached to an aromatic ring is 1. The number of hydrogen-bond acceptors (Lipinski definition) is 5. The van der Waals surface area contributed by atoms with Crippen LogP contribution in [0, 0.1) is 12.8 Å². The molecule has 0 saturated heterocycles. The van der Waals surface area contributed by atoms with Gasteiger partial charge < -0.3 is 5.73 Å². The van der Waals surface area contributed by atoms with Crippen LogP contribution in [0.4, 0.5) is 5.13 Å². The molecule has 0 amide bonds. The summed E-state index contributed by atoms with van der Waals surface area (Å²) >= 11 is 1.00. The molecule has 3 N–H and O–H groups in total. The average molecular weight is 291 g/mol. The highest BCUT2D eigenvalue weighted by atomic mass is 32.2. The van der Waals surface area contributed by atoms with E-state index in [1.54, 1.807) is 6.92 Å². The van der Waals surface area contributed by atoms with Gasteiger partial charge in [-0.15, -0.1) is 0 Å². The van der Waals surface area contributed by atoms with E-state index >= 15 is 0 Å². The van der Waals surface area contributed by atoms with Gasteiger partial charge in [0, 0.05) is 6.04 Å². The second-order valence-electron chi connectivity index (χ2n) is 4.92. The Balaban J connectivity index is 2.73. The molecule has 1 heterocycles. The molecule has 0 fully saturated rings. The van der Waals surface area contributed by atoms with Crippen LogP contribution in [0.25, 0.3) is 0 Å². The van der Waals surface area contributed by atoms with Crippen LogP contribution in [-0.2, 0) is 10.0 Å². The first kappa shape index (κ1) is 15.4. The van der Waals surface area contributed by atoms with Gasteiger partial charge in [-0.2, -0.15) is 0 Å². The van der Waals surface area contributed by atoms with Crippen molar-refractivity contribution in [2.24, 2.45) is 5.92 Å². The molecular formula is C11H21N3O2S2. The molecule has 0 aromatic carbocycles. The van der Waals surface area contributed by atoms with Gasteiger partial charge in [-0.1, -0.05) is 25.2 Å². The molecule has 7 heteroatoms. The summed E-state index contributed by atoms with van der Waals surface area (Å²) in [6.07, 6.45) is 1.82. The molecular weight excluding hydrogens is 270 g/mol. The summed E-state index contributed by atoms with van der Waals surface area (Å²) < 4.78 is 27.1. The second kappa shape index (κ2) is 5.99. The van der Waals surface area contributed by atoms with Gasteiger partial charge in [0.15, 0.2) is 9.34 Å². The number of aromatic nitrogens is 1. The third-order valence-corrected chi connectivity index (χ3v) is 5.73. The number of hydrogen-bond donors (Lipinski definition) is 2. The van der Waals surface area contributed by atoms with Crippen molar-refractivity contribution < 1.29 is 8.42 Å². The van der Waals surface area contributed by atoms with Crippen LogP contribution < -0.4 is 10.5 Å². The fourth-order valence-corrected chi connectivity index (χ4v) is 4.21. The molecule has 0 aliphatic carbocycles. The Kier molecular flexibility index (Phi) is 5.12. The van der Waals surface area contributed by atoms with E-state index in [1.807, 2.05) is 6.92 Å². The van der Waals surface area contributed by atoms with Gasteiger partial charge in [0.05, 0.1) is 5.69 Å². The van der Waals surface area contributed by atoms with Crippen molar-refractivity contribution in [1.82, 2.24) is 9.71 Å². The topological polar surface area (TPSA) is 85.1 Å². The van der Waals surface area contributed by atoms with Gasteiger partial charge in [-0.25, -0.2) is 18.1 Å². The third kappa shape index (κ3) is 4.22. The molecule has 0 radical (unpaired) electrons. The van der Waals surface area contributed by atoms with Gasteiger partial charge in [-0.05, 0) is 32.6 Å². The van der Waals surface area contributed by atoms with Crippen molar-refractivity contribution in [3.05, 3.63) is 5.69 Å². The van der Waals surface area contributed by atoms with Crippen LogP contribution in [0.15, 0.2) is 4.21 Å². The summed E-state index contributed by atoms with van der Waals surface area (Å²) in [4.78, 5) is 3.94. The zero-order chi connectivity index (χ0) is 13.9. The summed E-state index contributed by atoms with van der Waals surface area (Å²) in [5, 5.41) is 0.280. The van der Waals surface area contributed by atoms with E-state index in [0.29, 0.717) is 11.6 Å².